The lowest BCUT2D eigenvalue weighted by atomic mass is 10.2. The molecule has 0 N–H and O–H groups in total. The topological polar surface area (TPSA) is 56.7 Å². The number of nitrogens with zero attached hydrogens (tertiary/aromatic N) is 4. The summed E-state index contributed by atoms with van der Waals surface area (Å²) in [5.41, 5.74) is 2.65. The summed E-state index contributed by atoms with van der Waals surface area (Å²) in [6.07, 6.45) is 3.72. The highest BCUT2D eigenvalue weighted by Crippen LogP contribution is 2.31. The molecule has 1 aromatic carbocycles. The van der Waals surface area contributed by atoms with Gasteiger partial charge in [0.05, 0.1) is 5.56 Å². The van der Waals surface area contributed by atoms with E-state index in [-0.39, 0.29) is 0 Å². The number of fused-ring (bicyclic) bond motifs is 1. The third-order valence-corrected chi connectivity index (χ3v) is 3.89. The van der Waals surface area contributed by atoms with Gasteiger partial charge in [-0.3, -0.25) is 0 Å². The normalized spacial score (nSPS) is 11.2. The Morgan fingerprint density at radius 2 is 1.86 bits per heavy atom. The van der Waals surface area contributed by atoms with Gasteiger partial charge in [-0.05, 0) is 34.1 Å². The maximum atomic E-state index is 5.84. The zero-order chi connectivity index (χ0) is 15.1. The van der Waals surface area contributed by atoms with Crippen molar-refractivity contribution in [3.63, 3.8) is 0 Å². The van der Waals surface area contributed by atoms with E-state index in [1.807, 2.05) is 54.2 Å². The second-order valence-corrected chi connectivity index (χ2v) is 5.87. The van der Waals surface area contributed by atoms with Crippen LogP contribution in [0.15, 0.2) is 57.7 Å². The van der Waals surface area contributed by atoms with Crippen LogP contribution in [-0.4, -0.2) is 19.7 Å². The van der Waals surface area contributed by atoms with Crippen molar-refractivity contribution in [3.05, 3.63) is 53.3 Å². The molecule has 6 heteroatoms. The summed E-state index contributed by atoms with van der Waals surface area (Å²) in [5, 5.41) is 9.30. The molecule has 0 spiro atoms. The van der Waals surface area contributed by atoms with Gasteiger partial charge in [-0.2, -0.15) is 0 Å². The first-order valence-corrected chi connectivity index (χ1v) is 7.51. The van der Waals surface area contributed by atoms with Gasteiger partial charge in [0.2, 0.25) is 11.8 Å². The van der Waals surface area contributed by atoms with E-state index in [0.29, 0.717) is 11.8 Å². The molecule has 5 nitrogen and oxygen atoms in total. The lowest BCUT2D eigenvalue weighted by molar-refractivity contribution is 0.585. The first-order chi connectivity index (χ1) is 10.7. The minimum absolute atomic E-state index is 0.490. The summed E-state index contributed by atoms with van der Waals surface area (Å²) in [7, 11) is 1.95. The summed E-state index contributed by atoms with van der Waals surface area (Å²) < 4.78 is 8.70. The standard InChI is InChI=1S/C16H11BrN4O/c1-21-9-13(12-7-11(17)8-18-14(12)21)16-20-19-15(22-16)10-5-3-2-4-6-10/h2-9H,1H3. The Hall–Kier alpha value is -2.47. The zero-order valence-corrected chi connectivity index (χ0v) is 13.3. The van der Waals surface area contributed by atoms with E-state index in [0.717, 1.165) is 26.6 Å². The van der Waals surface area contributed by atoms with Crippen molar-refractivity contribution in [1.82, 2.24) is 19.7 Å². The van der Waals surface area contributed by atoms with Gasteiger partial charge in [-0.25, -0.2) is 4.98 Å². The van der Waals surface area contributed by atoms with Crippen LogP contribution >= 0.6 is 15.9 Å². The second-order valence-electron chi connectivity index (χ2n) is 4.96. The SMILES string of the molecule is Cn1cc(-c2nnc(-c3ccccc3)o2)c2cc(Br)cnc21. The number of aromatic nitrogens is 4. The molecule has 4 rings (SSSR count). The molecular formula is C16H11BrN4O. The number of aryl methyl sites for hydroxylation is 1. The van der Waals surface area contributed by atoms with Crippen LogP contribution in [0.1, 0.15) is 0 Å². The van der Waals surface area contributed by atoms with Gasteiger partial charge >= 0.3 is 0 Å². The van der Waals surface area contributed by atoms with Crippen molar-refractivity contribution < 1.29 is 4.42 Å². The Kier molecular flexibility index (Phi) is 3.04. The van der Waals surface area contributed by atoms with Crippen molar-refractivity contribution in [2.45, 2.75) is 0 Å². The molecule has 0 saturated carbocycles. The van der Waals surface area contributed by atoms with Crippen molar-refractivity contribution in [2.24, 2.45) is 7.05 Å². The number of rotatable bonds is 2. The van der Waals surface area contributed by atoms with Crippen LogP contribution in [0.5, 0.6) is 0 Å². The van der Waals surface area contributed by atoms with Gasteiger partial charge in [-0.15, -0.1) is 10.2 Å². The molecule has 3 heterocycles. The largest absolute Gasteiger partial charge is 0.416 e. The molecule has 0 aliphatic carbocycles. The number of pyridine rings is 1. The number of benzene rings is 1. The fourth-order valence-corrected chi connectivity index (χ4v) is 2.77. The predicted octanol–water partition coefficient (Wildman–Crippen LogP) is 4.05. The molecule has 108 valence electrons. The maximum absolute atomic E-state index is 5.84. The molecule has 0 bridgehead atoms. The van der Waals surface area contributed by atoms with Crippen LogP contribution in [0.2, 0.25) is 0 Å². The van der Waals surface area contributed by atoms with E-state index < -0.39 is 0 Å². The smallest absolute Gasteiger partial charge is 0.250 e. The Labute approximate surface area is 134 Å². The van der Waals surface area contributed by atoms with Crippen LogP contribution in [0.3, 0.4) is 0 Å². The van der Waals surface area contributed by atoms with Crippen LogP contribution in [0.4, 0.5) is 0 Å². The average Bonchev–Trinajstić information content (AvgIpc) is 3.13. The predicted molar refractivity (Wildman–Crippen MR) is 87.1 cm³/mol. The van der Waals surface area contributed by atoms with Gasteiger partial charge in [0.25, 0.3) is 0 Å². The number of hydrogen-bond acceptors (Lipinski definition) is 4. The van der Waals surface area contributed by atoms with E-state index in [2.05, 4.69) is 31.1 Å². The van der Waals surface area contributed by atoms with Crippen molar-refractivity contribution in [3.8, 4) is 22.9 Å². The molecule has 0 radical (unpaired) electrons. The van der Waals surface area contributed by atoms with E-state index in [9.17, 15) is 0 Å². The van der Waals surface area contributed by atoms with Crippen LogP contribution in [0.25, 0.3) is 33.9 Å². The van der Waals surface area contributed by atoms with Crippen LogP contribution in [0, 0.1) is 0 Å². The summed E-state index contributed by atoms with van der Waals surface area (Å²) in [6.45, 7) is 0. The molecule has 0 atom stereocenters. The van der Waals surface area contributed by atoms with Crippen molar-refractivity contribution >= 4 is 27.0 Å². The van der Waals surface area contributed by atoms with Gasteiger partial charge in [0, 0.05) is 34.9 Å². The molecule has 0 aliphatic rings. The fraction of sp³-hybridized carbons (Fsp3) is 0.0625. The monoisotopic (exact) mass is 354 g/mol. The Bertz CT molecular complexity index is 959. The maximum Gasteiger partial charge on any atom is 0.250 e. The molecule has 22 heavy (non-hydrogen) atoms. The highest BCUT2D eigenvalue weighted by atomic mass is 79.9. The second kappa shape index (κ2) is 5.06. The van der Waals surface area contributed by atoms with Gasteiger partial charge < -0.3 is 8.98 Å². The molecule has 0 amide bonds. The third-order valence-electron chi connectivity index (χ3n) is 3.46. The van der Waals surface area contributed by atoms with Crippen LogP contribution in [-0.2, 0) is 7.05 Å². The molecule has 3 aromatic heterocycles. The Balaban J connectivity index is 1.86. The highest BCUT2D eigenvalue weighted by molar-refractivity contribution is 9.10. The van der Waals surface area contributed by atoms with E-state index in [1.165, 1.54) is 0 Å². The third kappa shape index (κ3) is 2.12. The lowest BCUT2D eigenvalue weighted by Crippen LogP contribution is -1.86. The van der Waals surface area contributed by atoms with Crippen LogP contribution < -0.4 is 0 Å². The zero-order valence-electron chi connectivity index (χ0n) is 11.7. The quantitative estimate of drug-likeness (QED) is 0.544. The Morgan fingerprint density at radius 1 is 1.09 bits per heavy atom. The van der Waals surface area contributed by atoms with Crippen molar-refractivity contribution in [1.29, 1.82) is 0 Å². The molecule has 0 unspecified atom stereocenters. The first kappa shape index (κ1) is 13.2. The molecule has 0 saturated heterocycles. The van der Waals surface area contributed by atoms with E-state index in [1.54, 1.807) is 6.20 Å². The minimum Gasteiger partial charge on any atom is -0.416 e. The Morgan fingerprint density at radius 3 is 2.68 bits per heavy atom. The fourth-order valence-electron chi connectivity index (χ4n) is 2.44. The summed E-state index contributed by atoms with van der Waals surface area (Å²) in [5.74, 6) is 1.000. The lowest BCUT2D eigenvalue weighted by Gasteiger charge is -1.95. The summed E-state index contributed by atoms with van der Waals surface area (Å²) in [6, 6.07) is 11.7. The van der Waals surface area contributed by atoms with Gasteiger partial charge in [0.1, 0.15) is 5.65 Å². The van der Waals surface area contributed by atoms with Crippen molar-refractivity contribution in [2.75, 3.05) is 0 Å². The molecule has 0 aliphatic heterocycles. The number of halogens is 1. The number of hydrogen-bond donors (Lipinski definition) is 0. The molecular weight excluding hydrogens is 344 g/mol. The van der Waals surface area contributed by atoms with Gasteiger partial charge in [0.15, 0.2) is 0 Å². The highest BCUT2D eigenvalue weighted by Gasteiger charge is 2.16. The molecule has 0 fully saturated rings. The molecule has 4 aromatic rings. The van der Waals surface area contributed by atoms with Gasteiger partial charge in [-0.1, -0.05) is 18.2 Å². The first-order valence-electron chi connectivity index (χ1n) is 6.72. The summed E-state index contributed by atoms with van der Waals surface area (Å²) >= 11 is 3.45. The summed E-state index contributed by atoms with van der Waals surface area (Å²) in [4.78, 5) is 4.42. The van der Waals surface area contributed by atoms with E-state index >= 15 is 0 Å². The minimum atomic E-state index is 0.490. The van der Waals surface area contributed by atoms with E-state index in [4.69, 9.17) is 4.42 Å². The average molecular weight is 355 g/mol.